The molecule has 0 aromatic heterocycles. The van der Waals surface area contributed by atoms with Crippen molar-refractivity contribution >= 4 is 5.97 Å². The molecule has 1 N–H and O–H groups in total. The first-order valence-corrected chi connectivity index (χ1v) is 9.69. The van der Waals surface area contributed by atoms with Crippen LogP contribution in [0.2, 0.25) is 0 Å². The molecule has 28 heavy (non-hydrogen) atoms. The van der Waals surface area contributed by atoms with Crippen molar-refractivity contribution in [2.45, 2.75) is 38.5 Å². The molecule has 0 saturated heterocycles. The van der Waals surface area contributed by atoms with E-state index in [0.29, 0.717) is 29.2 Å². The van der Waals surface area contributed by atoms with Crippen molar-refractivity contribution in [3.05, 3.63) is 58.9 Å². The molecule has 1 saturated carbocycles. The summed E-state index contributed by atoms with van der Waals surface area (Å²) < 4.78 is 21.0. The molecule has 3 rings (SSSR count). The molecule has 0 unspecified atom stereocenters. The fourth-order valence-electron chi connectivity index (χ4n) is 4.00. The van der Waals surface area contributed by atoms with E-state index in [4.69, 9.17) is 10.00 Å². The first-order valence-electron chi connectivity index (χ1n) is 9.69. The monoisotopic (exact) mass is 381 g/mol. The number of hydrogen-bond donors (Lipinski definition) is 1. The lowest BCUT2D eigenvalue weighted by Crippen LogP contribution is -2.19. The Bertz CT molecular complexity index is 878. The van der Waals surface area contributed by atoms with E-state index in [-0.39, 0.29) is 17.0 Å². The summed E-state index contributed by atoms with van der Waals surface area (Å²) in [5.41, 5.74) is 1.55. The second-order valence-electron chi connectivity index (χ2n) is 7.26. The molecule has 0 heterocycles. The van der Waals surface area contributed by atoms with Crippen molar-refractivity contribution in [1.29, 1.82) is 5.26 Å². The maximum Gasteiger partial charge on any atom is 0.336 e. The van der Waals surface area contributed by atoms with Crippen LogP contribution in [0.15, 0.2) is 36.4 Å². The van der Waals surface area contributed by atoms with Crippen LogP contribution in [-0.2, 0) is 4.74 Å². The molecule has 1 aliphatic rings. The highest BCUT2D eigenvalue weighted by Crippen LogP contribution is 2.40. The average molecular weight is 381 g/mol. The van der Waals surface area contributed by atoms with Crippen LogP contribution in [0, 0.1) is 23.1 Å². The van der Waals surface area contributed by atoms with Crippen LogP contribution in [0.4, 0.5) is 4.39 Å². The molecule has 0 spiro atoms. The quantitative estimate of drug-likeness (QED) is 0.730. The van der Waals surface area contributed by atoms with E-state index in [9.17, 15) is 9.90 Å². The van der Waals surface area contributed by atoms with Crippen molar-refractivity contribution in [2.75, 3.05) is 13.2 Å². The van der Waals surface area contributed by atoms with Gasteiger partial charge in [-0.25, -0.2) is 9.18 Å². The maximum atomic E-state index is 15.5. The van der Waals surface area contributed by atoms with Crippen LogP contribution in [0.1, 0.15) is 60.0 Å². The zero-order chi connectivity index (χ0) is 20.1. The second kappa shape index (κ2) is 8.99. The number of carboxylic acids is 1. The van der Waals surface area contributed by atoms with E-state index in [1.807, 2.05) is 13.0 Å². The molecule has 146 valence electrons. The molecule has 2 aromatic carbocycles. The van der Waals surface area contributed by atoms with Gasteiger partial charge in [0.1, 0.15) is 5.82 Å². The minimum absolute atomic E-state index is 0.0593. The standard InChI is InChI=1S/C23H24FNO3/c1-2-28-14-16-5-7-17(8-6-16)19-11-12-20(23(26)27)21(22(19)24)18-9-3-15(13-25)4-10-18/h3-4,9-12,16-17H,2,5-8,14H2,1H3,(H,26,27). The van der Waals surface area contributed by atoms with Gasteiger partial charge in [-0.3, -0.25) is 0 Å². The largest absolute Gasteiger partial charge is 0.478 e. The second-order valence-corrected chi connectivity index (χ2v) is 7.26. The number of nitrogens with zero attached hydrogens (tertiary/aromatic N) is 1. The Morgan fingerprint density at radius 2 is 1.86 bits per heavy atom. The van der Waals surface area contributed by atoms with Crippen LogP contribution in [0.5, 0.6) is 0 Å². The molecule has 0 aliphatic heterocycles. The molecular weight excluding hydrogens is 357 g/mol. The minimum Gasteiger partial charge on any atom is -0.478 e. The fraction of sp³-hybridized carbons (Fsp3) is 0.391. The van der Waals surface area contributed by atoms with Gasteiger partial charge < -0.3 is 9.84 Å². The molecule has 4 nitrogen and oxygen atoms in total. The van der Waals surface area contributed by atoms with Crippen LogP contribution in [0.3, 0.4) is 0 Å². The van der Waals surface area contributed by atoms with E-state index in [1.54, 1.807) is 30.3 Å². The molecule has 0 radical (unpaired) electrons. The summed E-state index contributed by atoms with van der Waals surface area (Å²) in [7, 11) is 0. The third-order valence-corrected chi connectivity index (χ3v) is 5.55. The summed E-state index contributed by atoms with van der Waals surface area (Å²) in [6.07, 6.45) is 3.70. The van der Waals surface area contributed by atoms with Gasteiger partial charge in [0.2, 0.25) is 0 Å². The number of benzene rings is 2. The van der Waals surface area contributed by atoms with E-state index < -0.39 is 11.8 Å². The van der Waals surface area contributed by atoms with Crippen molar-refractivity contribution in [3.8, 4) is 17.2 Å². The lowest BCUT2D eigenvalue weighted by atomic mass is 9.78. The number of halogens is 1. The smallest absolute Gasteiger partial charge is 0.336 e. The maximum absolute atomic E-state index is 15.5. The number of carbonyl (C=O) groups is 1. The third kappa shape index (κ3) is 4.23. The summed E-state index contributed by atoms with van der Waals surface area (Å²) >= 11 is 0. The van der Waals surface area contributed by atoms with E-state index in [2.05, 4.69) is 0 Å². The molecule has 1 fully saturated rings. The molecule has 2 aromatic rings. The fourth-order valence-corrected chi connectivity index (χ4v) is 4.00. The van der Waals surface area contributed by atoms with Gasteiger partial charge in [-0.05, 0) is 73.8 Å². The van der Waals surface area contributed by atoms with Crippen LogP contribution >= 0.6 is 0 Å². The van der Waals surface area contributed by atoms with E-state index >= 15 is 4.39 Å². The SMILES string of the molecule is CCOCC1CCC(c2ccc(C(=O)O)c(-c3ccc(C#N)cc3)c2F)CC1. The highest BCUT2D eigenvalue weighted by atomic mass is 19.1. The molecule has 0 bridgehead atoms. The number of ether oxygens (including phenoxy) is 1. The van der Waals surface area contributed by atoms with Gasteiger partial charge in [0, 0.05) is 18.8 Å². The van der Waals surface area contributed by atoms with E-state index in [1.165, 1.54) is 6.07 Å². The summed E-state index contributed by atoms with van der Waals surface area (Å²) in [6.45, 7) is 3.44. The highest BCUT2D eigenvalue weighted by Gasteiger charge is 2.27. The topological polar surface area (TPSA) is 70.3 Å². The number of nitriles is 1. The minimum atomic E-state index is -1.16. The Balaban J connectivity index is 1.92. The molecule has 5 heteroatoms. The summed E-state index contributed by atoms with van der Waals surface area (Å²) in [6, 6.07) is 11.5. The Morgan fingerprint density at radius 1 is 1.18 bits per heavy atom. The predicted octanol–water partition coefficient (Wildman–Crippen LogP) is 5.37. The molecular formula is C23H24FNO3. The lowest BCUT2D eigenvalue weighted by molar-refractivity contribution is 0.0697. The molecule has 0 amide bonds. The first-order chi connectivity index (χ1) is 13.5. The van der Waals surface area contributed by atoms with Crippen molar-refractivity contribution in [2.24, 2.45) is 5.92 Å². The lowest BCUT2D eigenvalue weighted by Gasteiger charge is -2.29. The van der Waals surface area contributed by atoms with Crippen LogP contribution < -0.4 is 0 Å². The predicted molar refractivity (Wildman–Crippen MR) is 105 cm³/mol. The summed E-state index contributed by atoms with van der Waals surface area (Å²) in [5, 5.41) is 18.5. The van der Waals surface area contributed by atoms with Gasteiger partial charge in [0.05, 0.1) is 17.2 Å². The average Bonchev–Trinajstić information content (AvgIpc) is 2.72. The van der Waals surface area contributed by atoms with Gasteiger partial charge in [-0.15, -0.1) is 0 Å². The number of aromatic carboxylic acids is 1. The number of carboxylic acid groups (broad SMARTS) is 1. The van der Waals surface area contributed by atoms with Gasteiger partial charge >= 0.3 is 5.97 Å². The molecule has 1 aliphatic carbocycles. The normalized spacial score (nSPS) is 19.2. The van der Waals surface area contributed by atoms with Crippen molar-refractivity contribution < 1.29 is 19.0 Å². The third-order valence-electron chi connectivity index (χ3n) is 5.55. The molecule has 0 atom stereocenters. The van der Waals surface area contributed by atoms with Gasteiger partial charge in [-0.1, -0.05) is 18.2 Å². The van der Waals surface area contributed by atoms with Gasteiger partial charge in [-0.2, -0.15) is 5.26 Å². The number of hydrogen-bond acceptors (Lipinski definition) is 3. The Hall–Kier alpha value is -2.71. The van der Waals surface area contributed by atoms with E-state index in [0.717, 1.165) is 32.3 Å². The Labute approximate surface area is 164 Å². The van der Waals surface area contributed by atoms with Gasteiger partial charge in [0.15, 0.2) is 0 Å². The zero-order valence-electron chi connectivity index (χ0n) is 16.0. The number of rotatable bonds is 6. The summed E-state index contributed by atoms with van der Waals surface area (Å²) in [4.78, 5) is 11.7. The van der Waals surface area contributed by atoms with Crippen molar-refractivity contribution in [3.63, 3.8) is 0 Å². The summed E-state index contributed by atoms with van der Waals surface area (Å²) in [5.74, 6) is -1.03. The zero-order valence-corrected chi connectivity index (χ0v) is 16.0. The van der Waals surface area contributed by atoms with Gasteiger partial charge in [0.25, 0.3) is 0 Å². The Kier molecular flexibility index (Phi) is 6.43. The van der Waals surface area contributed by atoms with Crippen LogP contribution in [-0.4, -0.2) is 24.3 Å². The Morgan fingerprint density at radius 3 is 2.43 bits per heavy atom. The van der Waals surface area contributed by atoms with Crippen molar-refractivity contribution in [1.82, 2.24) is 0 Å². The van der Waals surface area contributed by atoms with Crippen LogP contribution in [0.25, 0.3) is 11.1 Å². The highest BCUT2D eigenvalue weighted by molar-refractivity contribution is 5.96. The first kappa shape index (κ1) is 20.0.